The zero-order valence-corrected chi connectivity index (χ0v) is 9.76. The summed E-state index contributed by atoms with van der Waals surface area (Å²) >= 11 is 5.84. The molecule has 0 amide bonds. The van der Waals surface area contributed by atoms with Gasteiger partial charge in [-0.25, -0.2) is 4.98 Å². The lowest BCUT2D eigenvalue weighted by Crippen LogP contribution is -2.09. The highest BCUT2D eigenvalue weighted by molar-refractivity contribution is 6.32. The van der Waals surface area contributed by atoms with Crippen LogP contribution in [0.4, 0.5) is 11.8 Å². The molecule has 0 saturated carbocycles. The van der Waals surface area contributed by atoms with Crippen molar-refractivity contribution in [2.75, 3.05) is 24.7 Å². The Balaban J connectivity index is 2.89. The summed E-state index contributed by atoms with van der Waals surface area (Å²) in [5.74, 6) is 0.909. The molecular formula is C9H13ClN6. The number of halogens is 1. The minimum Gasteiger partial charge on any atom is -0.392 e. The van der Waals surface area contributed by atoms with Crippen LogP contribution < -0.4 is 16.0 Å². The van der Waals surface area contributed by atoms with Gasteiger partial charge in [-0.3, -0.25) is 0 Å². The normalized spacial score (nSPS) is 10.8. The lowest BCUT2D eigenvalue weighted by molar-refractivity contribution is 1.08. The lowest BCUT2D eigenvalue weighted by atomic mass is 10.5. The fourth-order valence-electron chi connectivity index (χ4n) is 1.00. The summed E-state index contributed by atoms with van der Waals surface area (Å²) in [6.07, 6.45) is 4.28. The van der Waals surface area contributed by atoms with E-state index in [1.165, 1.54) is 6.20 Å². The van der Waals surface area contributed by atoms with E-state index < -0.39 is 0 Å². The molecule has 1 heterocycles. The van der Waals surface area contributed by atoms with Crippen molar-refractivity contribution in [1.29, 1.82) is 5.41 Å². The molecule has 6 nitrogen and oxygen atoms in total. The Morgan fingerprint density at radius 3 is 2.81 bits per heavy atom. The minimum absolute atomic E-state index is 0.374. The number of aromatic nitrogens is 2. The maximum Gasteiger partial charge on any atom is 0.229 e. The lowest BCUT2D eigenvalue weighted by Gasteiger charge is -2.07. The highest BCUT2D eigenvalue weighted by Gasteiger charge is 2.03. The molecule has 0 aliphatic rings. The van der Waals surface area contributed by atoms with E-state index in [1.807, 2.05) is 0 Å². The first-order chi connectivity index (χ1) is 7.71. The van der Waals surface area contributed by atoms with E-state index in [9.17, 15) is 0 Å². The Kier molecular flexibility index (Phi) is 4.53. The van der Waals surface area contributed by atoms with E-state index >= 15 is 0 Å². The molecule has 0 bridgehead atoms. The van der Waals surface area contributed by atoms with Crippen molar-refractivity contribution in [1.82, 2.24) is 15.3 Å². The quantitative estimate of drug-likeness (QED) is 0.583. The second-order valence-corrected chi connectivity index (χ2v) is 3.21. The number of allylic oxidation sites excluding steroid dienone is 1. The summed E-state index contributed by atoms with van der Waals surface area (Å²) in [7, 11) is 3.46. The number of rotatable bonds is 5. The van der Waals surface area contributed by atoms with E-state index in [1.54, 1.807) is 20.3 Å². The van der Waals surface area contributed by atoms with E-state index in [0.29, 0.717) is 22.5 Å². The summed E-state index contributed by atoms with van der Waals surface area (Å²) in [5.41, 5.74) is 0.548. The number of nitrogens with zero attached hydrogens (tertiary/aromatic N) is 2. The van der Waals surface area contributed by atoms with Gasteiger partial charge in [-0.05, 0) is 0 Å². The van der Waals surface area contributed by atoms with Crippen LogP contribution in [0.5, 0.6) is 0 Å². The molecule has 16 heavy (non-hydrogen) atoms. The average Bonchev–Trinajstić information content (AvgIpc) is 2.30. The Bertz CT molecular complexity index is 403. The summed E-state index contributed by atoms with van der Waals surface area (Å²) in [6.45, 7) is 0. The molecule has 0 aliphatic heterocycles. The van der Waals surface area contributed by atoms with Crippen molar-refractivity contribution in [2.24, 2.45) is 0 Å². The van der Waals surface area contributed by atoms with Gasteiger partial charge >= 0.3 is 0 Å². The molecule has 1 aromatic heterocycles. The van der Waals surface area contributed by atoms with Crippen LogP contribution in [-0.4, -0.2) is 30.3 Å². The van der Waals surface area contributed by atoms with Crippen LogP contribution in [0.2, 0.25) is 5.02 Å². The molecule has 0 aliphatic carbocycles. The third-order valence-corrected chi connectivity index (χ3v) is 1.97. The second-order valence-electron chi connectivity index (χ2n) is 2.80. The van der Waals surface area contributed by atoms with Crippen molar-refractivity contribution in [3.05, 3.63) is 23.1 Å². The molecule has 86 valence electrons. The molecule has 0 spiro atoms. The number of anilines is 2. The highest BCUT2D eigenvalue weighted by atomic mass is 35.5. The maximum absolute atomic E-state index is 7.16. The fourth-order valence-corrected chi connectivity index (χ4v) is 1.19. The third kappa shape index (κ3) is 3.09. The molecular weight excluding hydrogens is 228 g/mol. The molecule has 1 aromatic rings. The molecule has 0 radical (unpaired) electrons. The smallest absolute Gasteiger partial charge is 0.229 e. The standard InChI is InChI=1S/C9H13ClN6/c1-12-4-6(3-11)15-9-14-5-7(10)8(13-2)16-9/h3-5,11-12H,1-2H3,(H2,13,14,15,16)/b6-4+,11-3?. The van der Waals surface area contributed by atoms with Gasteiger partial charge in [-0.2, -0.15) is 4.98 Å². The minimum atomic E-state index is 0.374. The van der Waals surface area contributed by atoms with Gasteiger partial charge in [0.2, 0.25) is 5.95 Å². The Labute approximate surface area is 98.6 Å². The largest absolute Gasteiger partial charge is 0.392 e. The topological polar surface area (TPSA) is 85.7 Å². The van der Waals surface area contributed by atoms with Gasteiger partial charge in [-0.1, -0.05) is 11.6 Å². The molecule has 0 atom stereocenters. The highest BCUT2D eigenvalue weighted by Crippen LogP contribution is 2.18. The number of nitrogens with one attached hydrogen (secondary N) is 4. The Morgan fingerprint density at radius 1 is 1.50 bits per heavy atom. The van der Waals surface area contributed by atoms with Crippen LogP contribution in [0.1, 0.15) is 0 Å². The first-order valence-corrected chi connectivity index (χ1v) is 4.94. The zero-order chi connectivity index (χ0) is 12.0. The average molecular weight is 241 g/mol. The van der Waals surface area contributed by atoms with Gasteiger partial charge in [0.05, 0.1) is 11.9 Å². The fraction of sp³-hybridized carbons (Fsp3) is 0.222. The Morgan fingerprint density at radius 2 is 2.25 bits per heavy atom. The predicted molar refractivity (Wildman–Crippen MR) is 66.1 cm³/mol. The molecule has 0 saturated heterocycles. The van der Waals surface area contributed by atoms with Crippen molar-refractivity contribution in [2.45, 2.75) is 0 Å². The zero-order valence-electron chi connectivity index (χ0n) is 9.00. The van der Waals surface area contributed by atoms with Crippen LogP contribution >= 0.6 is 11.6 Å². The summed E-state index contributed by atoms with van der Waals surface area (Å²) in [6, 6.07) is 0. The molecule has 7 heteroatoms. The molecule has 4 N–H and O–H groups in total. The monoisotopic (exact) mass is 240 g/mol. The van der Waals surface area contributed by atoms with Crippen molar-refractivity contribution >= 4 is 29.6 Å². The van der Waals surface area contributed by atoms with E-state index in [2.05, 4.69) is 25.9 Å². The van der Waals surface area contributed by atoms with Gasteiger partial charge in [-0.15, -0.1) is 0 Å². The van der Waals surface area contributed by atoms with Gasteiger partial charge in [0.25, 0.3) is 0 Å². The molecule has 1 rings (SSSR count). The Hall–Kier alpha value is -1.82. The van der Waals surface area contributed by atoms with Gasteiger partial charge in [0, 0.05) is 26.5 Å². The van der Waals surface area contributed by atoms with E-state index in [4.69, 9.17) is 17.0 Å². The van der Waals surface area contributed by atoms with Crippen molar-refractivity contribution < 1.29 is 0 Å². The van der Waals surface area contributed by atoms with Gasteiger partial charge in [0.1, 0.15) is 10.8 Å². The number of hydrogen-bond donors (Lipinski definition) is 4. The molecule has 0 aromatic carbocycles. The van der Waals surface area contributed by atoms with Crippen molar-refractivity contribution in [3.8, 4) is 0 Å². The first kappa shape index (κ1) is 12.3. The van der Waals surface area contributed by atoms with E-state index in [-0.39, 0.29) is 0 Å². The first-order valence-electron chi connectivity index (χ1n) is 4.56. The molecule has 0 fully saturated rings. The van der Waals surface area contributed by atoms with Crippen LogP contribution in [0.15, 0.2) is 18.1 Å². The van der Waals surface area contributed by atoms with Gasteiger partial charge < -0.3 is 21.4 Å². The predicted octanol–water partition coefficient (Wildman–Crippen LogP) is 1.29. The van der Waals surface area contributed by atoms with Crippen LogP contribution in [0, 0.1) is 5.41 Å². The van der Waals surface area contributed by atoms with Crippen LogP contribution in [0.25, 0.3) is 0 Å². The van der Waals surface area contributed by atoms with Gasteiger partial charge in [0.15, 0.2) is 0 Å². The van der Waals surface area contributed by atoms with Crippen molar-refractivity contribution in [3.63, 3.8) is 0 Å². The summed E-state index contributed by atoms with van der Waals surface area (Å²) in [4.78, 5) is 8.11. The van der Waals surface area contributed by atoms with Crippen LogP contribution in [0.3, 0.4) is 0 Å². The number of hydrogen-bond acceptors (Lipinski definition) is 6. The summed E-state index contributed by atoms with van der Waals surface area (Å²) < 4.78 is 0. The maximum atomic E-state index is 7.16. The van der Waals surface area contributed by atoms with E-state index in [0.717, 1.165) is 6.21 Å². The molecule has 0 unspecified atom stereocenters. The third-order valence-electron chi connectivity index (χ3n) is 1.69. The summed E-state index contributed by atoms with van der Waals surface area (Å²) in [5, 5.41) is 16.1. The SMILES string of the molecule is CN/C=C(\C=N)Nc1ncc(Cl)c(NC)n1. The second kappa shape index (κ2) is 5.92. The van der Waals surface area contributed by atoms with Crippen LogP contribution in [-0.2, 0) is 0 Å².